The highest BCUT2D eigenvalue weighted by Crippen LogP contribution is 2.34. The molecule has 0 fully saturated rings. The van der Waals surface area contributed by atoms with Crippen molar-refractivity contribution in [1.82, 2.24) is 4.90 Å². The number of amides is 2. The Morgan fingerprint density at radius 1 is 1.50 bits per heavy atom. The van der Waals surface area contributed by atoms with E-state index in [9.17, 15) is 4.79 Å². The van der Waals surface area contributed by atoms with Crippen LogP contribution in [0.15, 0.2) is 27.7 Å². The first kappa shape index (κ1) is 13.4. The molecule has 1 aromatic carbocycles. The Morgan fingerprint density at radius 2 is 2.17 bits per heavy atom. The lowest BCUT2D eigenvalue weighted by molar-refractivity contribution is 0.190. The van der Waals surface area contributed by atoms with Crippen molar-refractivity contribution in [3.8, 4) is 0 Å². The quantitative estimate of drug-likeness (QED) is 0.904. The van der Waals surface area contributed by atoms with Gasteiger partial charge in [-0.1, -0.05) is 27.5 Å². The van der Waals surface area contributed by atoms with Crippen LogP contribution in [0.3, 0.4) is 0 Å². The van der Waals surface area contributed by atoms with Gasteiger partial charge in [0, 0.05) is 21.1 Å². The van der Waals surface area contributed by atoms with Gasteiger partial charge in [0.25, 0.3) is 0 Å². The lowest BCUT2D eigenvalue weighted by atomic mass is 10.0. The summed E-state index contributed by atoms with van der Waals surface area (Å²) in [7, 11) is 0. The first-order chi connectivity index (χ1) is 8.41. The van der Waals surface area contributed by atoms with Gasteiger partial charge in [0.05, 0.1) is 0 Å². The van der Waals surface area contributed by atoms with Gasteiger partial charge < -0.3 is 10.6 Å². The second-order valence-corrected chi connectivity index (χ2v) is 5.71. The zero-order valence-electron chi connectivity index (χ0n) is 10.0. The van der Waals surface area contributed by atoms with Gasteiger partial charge in [0.1, 0.15) is 11.9 Å². The smallest absolute Gasteiger partial charge is 0.346 e. The average molecular weight is 331 g/mol. The van der Waals surface area contributed by atoms with E-state index in [0.29, 0.717) is 5.02 Å². The molecule has 0 bridgehead atoms. The molecule has 0 saturated heterocycles. The van der Waals surface area contributed by atoms with E-state index in [-0.39, 0.29) is 24.0 Å². The lowest BCUT2D eigenvalue weighted by Crippen LogP contribution is -2.38. The van der Waals surface area contributed by atoms with Crippen LogP contribution in [-0.2, 0) is 0 Å². The van der Waals surface area contributed by atoms with Crippen LogP contribution < -0.4 is 5.73 Å². The fourth-order valence-electron chi connectivity index (χ4n) is 2.03. The summed E-state index contributed by atoms with van der Waals surface area (Å²) in [4.78, 5) is 17.3. The molecule has 0 aliphatic carbocycles. The Bertz CT molecular complexity index is 530. The molecule has 1 aromatic rings. The van der Waals surface area contributed by atoms with Crippen molar-refractivity contribution in [2.24, 2.45) is 10.7 Å². The van der Waals surface area contributed by atoms with Gasteiger partial charge in [0.15, 0.2) is 0 Å². The van der Waals surface area contributed by atoms with Crippen molar-refractivity contribution in [3.05, 3.63) is 33.3 Å². The van der Waals surface area contributed by atoms with Crippen molar-refractivity contribution < 1.29 is 4.79 Å². The number of rotatable bonds is 2. The highest BCUT2D eigenvalue weighted by molar-refractivity contribution is 9.10. The van der Waals surface area contributed by atoms with Gasteiger partial charge in [-0.25, -0.2) is 4.79 Å². The Morgan fingerprint density at radius 3 is 2.78 bits per heavy atom. The van der Waals surface area contributed by atoms with E-state index in [1.165, 1.54) is 0 Å². The second-order valence-electron chi connectivity index (χ2n) is 4.39. The number of amidine groups is 1. The number of hydrogen-bond donors (Lipinski definition) is 1. The molecule has 6 heteroatoms. The molecule has 2 rings (SSSR count). The number of halogens is 2. The normalized spacial score (nSPS) is 19.6. The third-order valence-corrected chi connectivity index (χ3v) is 3.65. The highest BCUT2D eigenvalue weighted by atomic mass is 79.9. The van der Waals surface area contributed by atoms with Crippen molar-refractivity contribution in [2.75, 3.05) is 0 Å². The molecule has 18 heavy (non-hydrogen) atoms. The molecule has 4 nitrogen and oxygen atoms in total. The standard InChI is InChI=1S/C12H13BrClN3O/c1-6(2)17-10(11(15)16-12(17)18)8-5-7(13)3-4-9(8)14/h3-6,10H,1-2H3,(H2,15,16,18). The monoisotopic (exact) mass is 329 g/mol. The number of hydrogen-bond acceptors (Lipinski definition) is 2. The summed E-state index contributed by atoms with van der Waals surface area (Å²) in [5, 5.41) is 0.571. The molecule has 96 valence electrons. The maximum absolute atomic E-state index is 11.8. The third kappa shape index (κ3) is 2.24. The minimum atomic E-state index is -0.387. The molecular formula is C12H13BrClN3O. The van der Waals surface area contributed by atoms with E-state index in [1.807, 2.05) is 26.0 Å². The fourth-order valence-corrected chi connectivity index (χ4v) is 2.63. The zero-order chi connectivity index (χ0) is 13.4. The van der Waals surface area contributed by atoms with E-state index in [2.05, 4.69) is 20.9 Å². The van der Waals surface area contributed by atoms with Crippen LogP contribution in [0.1, 0.15) is 25.5 Å². The van der Waals surface area contributed by atoms with E-state index in [0.717, 1.165) is 10.0 Å². The number of nitrogens with zero attached hydrogens (tertiary/aromatic N) is 2. The minimum Gasteiger partial charge on any atom is -0.385 e. The van der Waals surface area contributed by atoms with Crippen LogP contribution in [0.25, 0.3) is 0 Å². The Kier molecular flexibility index (Phi) is 3.64. The van der Waals surface area contributed by atoms with Crippen LogP contribution in [-0.4, -0.2) is 22.8 Å². The topological polar surface area (TPSA) is 58.7 Å². The predicted molar refractivity (Wildman–Crippen MR) is 75.9 cm³/mol. The van der Waals surface area contributed by atoms with E-state index in [4.69, 9.17) is 17.3 Å². The maximum Gasteiger partial charge on any atom is 0.346 e. The van der Waals surface area contributed by atoms with Gasteiger partial charge in [0.2, 0.25) is 0 Å². The molecule has 1 aliphatic heterocycles. The molecule has 0 spiro atoms. The predicted octanol–water partition coefficient (Wildman–Crippen LogP) is 3.34. The van der Waals surface area contributed by atoms with Crippen LogP contribution in [0.4, 0.5) is 4.79 Å². The second kappa shape index (κ2) is 4.90. The summed E-state index contributed by atoms with van der Waals surface area (Å²) < 4.78 is 0.887. The summed E-state index contributed by atoms with van der Waals surface area (Å²) >= 11 is 9.58. The first-order valence-electron chi connectivity index (χ1n) is 5.53. The number of aliphatic imine (C=N–C) groups is 1. The molecule has 1 heterocycles. The van der Waals surface area contributed by atoms with Gasteiger partial charge >= 0.3 is 6.03 Å². The number of nitrogens with two attached hydrogens (primary N) is 1. The minimum absolute atomic E-state index is 0.00217. The molecular weight excluding hydrogens is 318 g/mol. The van der Waals surface area contributed by atoms with E-state index < -0.39 is 0 Å². The van der Waals surface area contributed by atoms with Crippen molar-refractivity contribution in [1.29, 1.82) is 0 Å². The van der Waals surface area contributed by atoms with Crippen molar-refractivity contribution in [3.63, 3.8) is 0 Å². The summed E-state index contributed by atoms with van der Waals surface area (Å²) in [5.74, 6) is 0.286. The van der Waals surface area contributed by atoms with Gasteiger partial charge in [-0.3, -0.25) is 0 Å². The lowest BCUT2D eigenvalue weighted by Gasteiger charge is -2.28. The van der Waals surface area contributed by atoms with Crippen LogP contribution in [0.5, 0.6) is 0 Å². The summed E-state index contributed by atoms with van der Waals surface area (Å²) in [6.07, 6.45) is 0. The molecule has 1 atom stereocenters. The fraction of sp³-hybridized carbons (Fsp3) is 0.333. The Hall–Kier alpha value is -1.07. The molecule has 1 unspecified atom stereocenters. The molecule has 0 saturated carbocycles. The Labute approximate surface area is 119 Å². The number of urea groups is 1. The summed E-state index contributed by atoms with van der Waals surface area (Å²) in [5.41, 5.74) is 6.65. The van der Waals surface area contributed by atoms with Crippen molar-refractivity contribution in [2.45, 2.75) is 25.9 Å². The van der Waals surface area contributed by atoms with Crippen LogP contribution in [0.2, 0.25) is 5.02 Å². The van der Waals surface area contributed by atoms with E-state index >= 15 is 0 Å². The Balaban J connectivity index is 2.51. The largest absolute Gasteiger partial charge is 0.385 e. The zero-order valence-corrected chi connectivity index (χ0v) is 12.4. The molecule has 1 aliphatic rings. The van der Waals surface area contributed by atoms with Crippen molar-refractivity contribution >= 4 is 39.4 Å². The highest BCUT2D eigenvalue weighted by Gasteiger charge is 2.37. The number of carbonyl (C=O) groups excluding carboxylic acids is 1. The first-order valence-corrected chi connectivity index (χ1v) is 6.70. The van der Waals surface area contributed by atoms with Gasteiger partial charge in [-0.2, -0.15) is 4.99 Å². The molecule has 0 aromatic heterocycles. The molecule has 2 N–H and O–H groups in total. The molecule has 0 radical (unpaired) electrons. The van der Waals surface area contributed by atoms with Gasteiger partial charge in [-0.05, 0) is 32.0 Å². The maximum atomic E-state index is 11.8. The summed E-state index contributed by atoms with van der Waals surface area (Å²) in [6, 6.07) is 4.78. The number of benzene rings is 1. The third-order valence-electron chi connectivity index (χ3n) is 2.81. The molecule has 2 amide bonds. The average Bonchev–Trinajstić information content (AvgIpc) is 2.57. The van der Waals surface area contributed by atoms with E-state index in [1.54, 1.807) is 11.0 Å². The number of carbonyl (C=O) groups is 1. The van der Waals surface area contributed by atoms with Crippen LogP contribution >= 0.6 is 27.5 Å². The summed E-state index contributed by atoms with van der Waals surface area (Å²) in [6.45, 7) is 3.84. The van der Waals surface area contributed by atoms with Crippen LogP contribution in [0, 0.1) is 0 Å². The van der Waals surface area contributed by atoms with Gasteiger partial charge in [-0.15, -0.1) is 0 Å². The SMILES string of the molecule is CC(C)N1C(=O)N=C(N)C1c1cc(Br)ccc1Cl.